The largest absolute Gasteiger partial charge is 0.507 e. The van der Waals surface area contributed by atoms with E-state index in [4.69, 9.17) is 4.74 Å². The zero-order valence-electron chi connectivity index (χ0n) is 18.0. The number of aliphatic hydroxyl groups excluding tert-OH is 1. The van der Waals surface area contributed by atoms with Gasteiger partial charge in [0.25, 0.3) is 11.7 Å². The molecule has 1 unspecified atom stereocenters. The van der Waals surface area contributed by atoms with Crippen LogP contribution in [0.1, 0.15) is 35.2 Å². The normalized spacial score (nSPS) is 17.6. The molecule has 1 N–H and O–H groups in total. The van der Waals surface area contributed by atoms with Crippen molar-refractivity contribution in [3.63, 3.8) is 0 Å². The van der Waals surface area contributed by atoms with E-state index in [1.54, 1.807) is 48.8 Å². The van der Waals surface area contributed by atoms with E-state index in [9.17, 15) is 14.7 Å². The molecule has 0 spiro atoms. The van der Waals surface area contributed by atoms with Crippen molar-refractivity contribution in [3.8, 4) is 5.75 Å². The number of pyridine rings is 1. The van der Waals surface area contributed by atoms with Gasteiger partial charge in [-0.15, -0.1) is 0 Å². The molecule has 1 atom stereocenters. The first-order valence-corrected chi connectivity index (χ1v) is 10.5. The summed E-state index contributed by atoms with van der Waals surface area (Å²) in [6.07, 6.45) is 3.29. The summed E-state index contributed by atoms with van der Waals surface area (Å²) in [4.78, 5) is 31.8. The van der Waals surface area contributed by atoms with Crippen LogP contribution in [0.4, 0.5) is 0 Å². The van der Waals surface area contributed by atoms with Crippen LogP contribution >= 0.6 is 0 Å². The number of aliphatic hydroxyl groups is 1. The molecule has 2 aromatic carbocycles. The standard InChI is InChI=1S/C26H24N2O4/c1-3-32-20-10-8-19(9-11-20)24(29)22-23(21-7-5-4-6-17(21)2)28(26(31)25(22)30)16-18-12-14-27-15-13-18/h4-15,23,29H,3,16H2,1-2H3/b24-22-. The number of benzene rings is 2. The molecule has 4 rings (SSSR count). The van der Waals surface area contributed by atoms with E-state index in [-0.39, 0.29) is 17.9 Å². The van der Waals surface area contributed by atoms with Gasteiger partial charge in [0.1, 0.15) is 11.5 Å². The second-order valence-electron chi connectivity index (χ2n) is 7.60. The van der Waals surface area contributed by atoms with Crippen molar-refractivity contribution in [2.45, 2.75) is 26.4 Å². The highest BCUT2D eigenvalue weighted by Crippen LogP contribution is 2.41. The molecule has 0 saturated carbocycles. The first-order valence-electron chi connectivity index (χ1n) is 10.5. The summed E-state index contributed by atoms with van der Waals surface area (Å²) < 4.78 is 5.46. The zero-order valence-corrected chi connectivity index (χ0v) is 18.0. The van der Waals surface area contributed by atoms with E-state index in [1.807, 2.05) is 38.1 Å². The smallest absolute Gasteiger partial charge is 0.295 e. The summed E-state index contributed by atoms with van der Waals surface area (Å²) >= 11 is 0. The maximum Gasteiger partial charge on any atom is 0.295 e. The molecule has 1 aliphatic heterocycles. The Balaban J connectivity index is 1.84. The highest BCUT2D eigenvalue weighted by atomic mass is 16.5. The van der Waals surface area contributed by atoms with Gasteiger partial charge in [-0.1, -0.05) is 24.3 Å². The quantitative estimate of drug-likeness (QED) is 0.357. The van der Waals surface area contributed by atoms with Gasteiger partial charge in [0, 0.05) is 24.5 Å². The van der Waals surface area contributed by atoms with Crippen molar-refractivity contribution < 1.29 is 19.4 Å². The molecule has 0 bridgehead atoms. The number of carbonyl (C=O) groups is 2. The minimum absolute atomic E-state index is 0.0857. The Hall–Kier alpha value is -3.93. The van der Waals surface area contributed by atoms with Crippen LogP contribution in [-0.4, -0.2) is 33.3 Å². The Morgan fingerprint density at radius 1 is 1.03 bits per heavy atom. The van der Waals surface area contributed by atoms with Crippen molar-refractivity contribution in [2.24, 2.45) is 0 Å². The number of ether oxygens (including phenoxy) is 1. The van der Waals surface area contributed by atoms with Crippen LogP contribution in [-0.2, 0) is 16.1 Å². The maximum absolute atomic E-state index is 13.1. The lowest BCUT2D eigenvalue weighted by Crippen LogP contribution is -2.29. The van der Waals surface area contributed by atoms with Crippen molar-refractivity contribution >= 4 is 17.4 Å². The third-order valence-corrected chi connectivity index (χ3v) is 5.56. The summed E-state index contributed by atoms with van der Waals surface area (Å²) in [6, 6.07) is 17.3. The molecule has 32 heavy (non-hydrogen) atoms. The first kappa shape index (κ1) is 21.3. The Kier molecular flexibility index (Phi) is 6.03. The van der Waals surface area contributed by atoms with Crippen LogP contribution in [0.2, 0.25) is 0 Å². The van der Waals surface area contributed by atoms with Crippen LogP contribution in [0.15, 0.2) is 78.6 Å². The van der Waals surface area contributed by atoms with Gasteiger partial charge in [-0.3, -0.25) is 14.6 Å². The number of aromatic nitrogens is 1. The van der Waals surface area contributed by atoms with E-state index in [1.165, 1.54) is 4.90 Å². The van der Waals surface area contributed by atoms with Gasteiger partial charge < -0.3 is 14.7 Å². The molecular formula is C26H24N2O4. The molecule has 6 nitrogen and oxygen atoms in total. The second kappa shape index (κ2) is 9.06. The summed E-state index contributed by atoms with van der Waals surface area (Å²) in [6.45, 7) is 4.57. The minimum atomic E-state index is -0.698. The number of aryl methyl sites for hydroxylation is 1. The number of hydrogen-bond donors (Lipinski definition) is 1. The van der Waals surface area contributed by atoms with Gasteiger partial charge in [-0.05, 0) is 66.9 Å². The molecule has 0 radical (unpaired) electrons. The fraction of sp³-hybridized carbons (Fsp3) is 0.192. The summed E-state index contributed by atoms with van der Waals surface area (Å²) in [5.41, 5.74) is 3.11. The van der Waals surface area contributed by atoms with Crippen LogP contribution in [0.3, 0.4) is 0 Å². The van der Waals surface area contributed by atoms with Crippen molar-refractivity contribution in [2.75, 3.05) is 6.61 Å². The minimum Gasteiger partial charge on any atom is -0.507 e. The lowest BCUT2D eigenvalue weighted by molar-refractivity contribution is -0.140. The predicted molar refractivity (Wildman–Crippen MR) is 121 cm³/mol. The topological polar surface area (TPSA) is 79.7 Å². The Bertz CT molecular complexity index is 1170. The third kappa shape index (κ3) is 3.99. The van der Waals surface area contributed by atoms with E-state index in [2.05, 4.69) is 4.98 Å². The molecule has 1 amide bonds. The lowest BCUT2D eigenvalue weighted by Gasteiger charge is -2.26. The van der Waals surface area contributed by atoms with Crippen LogP contribution < -0.4 is 4.74 Å². The molecule has 3 aromatic rings. The van der Waals surface area contributed by atoms with E-state index < -0.39 is 17.7 Å². The predicted octanol–water partition coefficient (Wildman–Crippen LogP) is 4.41. The number of ketones is 1. The van der Waals surface area contributed by atoms with Crippen molar-refractivity contribution in [1.29, 1.82) is 0 Å². The number of Topliss-reactive ketones (excluding diaryl/α,β-unsaturated/α-hetero) is 1. The number of carbonyl (C=O) groups excluding carboxylic acids is 2. The van der Waals surface area contributed by atoms with Crippen molar-refractivity contribution in [3.05, 3.63) is 101 Å². The SMILES string of the molecule is CCOc1ccc(/C(O)=C2/C(=O)C(=O)N(Cc3ccncc3)C2c2ccccc2C)cc1. The number of likely N-dealkylation sites (tertiary alicyclic amines) is 1. The van der Waals surface area contributed by atoms with E-state index in [0.29, 0.717) is 17.9 Å². The average Bonchev–Trinajstić information content (AvgIpc) is 3.05. The molecule has 162 valence electrons. The Morgan fingerprint density at radius 3 is 2.38 bits per heavy atom. The third-order valence-electron chi connectivity index (χ3n) is 5.56. The summed E-state index contributed by atoms with van der Waals surface area (Å²) in [5.74, 6) is -0.865. The molecule has 2 heterocycles. The van der Waals surface area contributed by atoms with Gasteiger partial charge in [0.15, 0.2) is 0 Å². The number of amides is 1. The van der Waals surface area contributed by atoms with Gasteiger partial charge in [0.2, 0.25) is 0 Å². The maximum atomic E-state index is 13.1. The zero-order chi connectivity index (χ0) is 22.7. The number of hydrogen-bond acceptors (Lipinski definition) is 5. The molecular weight excluding hydrogens is 404 g/mol. The second-order valence-corrected chi connectivity index (χ2v) is 7.60. The van der Waals surface area contributed by atoms with E-state index in [0.717, 1.165) is 16.7 Å². The van der Waals surface area contributed by atoms with Crippen molar-refractivity contribution in [1.82, 2.24) is 9.88 Å². The highest BCUT2D eigenvalue weighted by molar-refractivity contribution is 6.46. The number of nitrogens with zero attached hydrogens (tertiary/aromatic N) is 2. The molecule has 6 heteroatoms. The first-order chi connectivity index (χ1) is 15.5. The molecule has 1 saturated heterocycles. The number of rotatable bonds is 6. The van der Waals surface area contributed by atoms with Gasteiger partial charge in [-0.2, -0.15) is 0 Å². The monoisotopic (exact) mass is 428 g/mol. The highest BCUT2D eigenvalue weighted by Gasteiger charge is 2.46. The van der Waals surface area contributed by atoms with Gasteiger partial charge in [-0.25, -0.2) is 0 Å². The van der Waals surface area contributed by atoms with E-state index >= 15 is 0 Å². The van der Waals surface area contributed by atoms with Gasteiger partial charge >= 0.3 is 0 Å². The summed E-state index contributed by atoms with van der Waals surface area (Å²) in [5, 5.41) is 11.2. The van der Waals surface area contributed by atoms with Crippen LogP contribution in [0.25, 0.3) is 5.76 Å². The fourth-order valence-electron chi connectivity index (χ4n) is 3.98. The Labute approximate surface area is 186 Å². The summed E-state index contributed by atoms with van der Waals surface area (Å²) in [7, 11) is 0. The van der Waals surface area contributed by atoms with Crippen LogP contribution in [0.5, 0.6) is 5.75 Å². The average molecular weight is 428 g/mol. The van der Waals surface area contributed by atoms with Gasteiger partial charge in [0.05, 0.1) is 18.2 Å². The molecule has 1 aliphatic rings. The molecule has 1 aromatic heterocycles. The molecule has 1 fully saturated rings. The Morgan fingerprint density at radius 2 is 1.72 bits per heavy atom. The lowest BCUT2D eigenvalue weighted by atomic mass is 9.92. The fourth-order valence-corrected chi connectivity index (χ4v) is 3.98. The molecule has 0 aliphatic carbocycles. The van der Waals surface area contributed by atoms with Crippen LogP contribution in [0, 0.1) is 6.92 Å².